The molecular formula is C13H19ClFN. The fraction of sp³-hybridized carbons (Fsp3) is 0.538. The minimum absolute atomic E-state index is 0. The van der Waals surface area contributed by atoms with E-state index in [9.17, 15) is 4.39 Å². The highest BCUT2D eigenvalue weighted by Crippen LogP contribution is 2.15. The van der Waals surface area contributed by atoms with Crippen molar-refractivity contribution >= 4 is 12.4 Å². The van der Waals surface area contributed by atoms with Gasteiger partial charge in [0.2, 0.25) is 0 Å². The van der Waals surface area contributed by atoms with Crippen molar-refractivity contribution in [1.82, 2.24) is 5.32 Å². The Morgan fingerprint density at radius 3 is 2.81 bits per heavy atom. The number of hydrogen-bond acceptors (Lipinski definition) is 1. The lowest BCUT2D eigenvalue weighted by Crippen LogP contribution is -2.35. The quantitative estimate of drug-likeness (QED) is 0.841. The summed E-state index contributed by atoms with van der Waals surface area (Å²) in [7, 11) is 0. The van der Waals surface area contributed by atoms with Crippen LogP contribution in [0, 0.1) is 12.7 Å². The molecule has 1 atom stereocenters. The number of aryl methyl sites for hydroxylation is 1. The molecule has 1 aliphatic heterocycles. The van der Waals surface area contributed by atoms with Gasteiger partial charge in [0.1, 0.15) is 5.82 Å². The zero-order valence-electron chi connectivity index (χ0n) is 9.63. The molecule has 0 spiro atoms. The fourth-order valence-corrected chi connectivity index (χ4v) is 2.15. The van der Waals surface area contributed by atoms with Gasteiger partial charge in [-0.25, -0.2) is 4.39 Å². The van der Waals surface area contributed by atoms with Crippen LogP contribution in [0.4, 0.5) is 4.39 Å². The van der Waals surface area contributed by atoms with E-state index in [2.05, 4.69) is 5.32 Å². The van der Waals surface area contributed by atoms with Crippen LogP contribution in [0.5, 0.6) is 0 Å². The minimum atomic E-state index is -0.0803. The first-order valence-corrected chi connectivity index (χ1v) is 5.74. The molecule has 1 fully saturated rings. The van der Waals surface area contributed by atoms with Crippen LogP contribution in [0.25, 0.3) is 0 Å². The van der Waals surface area contributed by atoms with E-state index in [1.165, 1.54) is 19.3 Å². The van der Waals surface area contributed by atoms with Gasteiger partial charge in [0.25, 0.3) is 0 Å². The van der Waals surface area contributed by atoms with E-state index < -0.39 is 0 Å². The number of hydrogen-bond donors (Lipinski definition) is 1. The van der Waals surface area contributed by atoms with Gasteiger partial charge in [-0.2, -0.15) is 0 Å². The molecule has 1 aromatic rings. The molecule has 1 aromatic carbocycles. The van der Waals surface area contributed by atoms with Crippen molar-refractivity contribution in [2.45, 2.75) is 38.6 Å². The van der Waals surface area contributed by atoms with Crippen LogP contribution >= 0.6 is 12.4 Å². The zero-order chi connectivity index (χ0) is 10.7. The molecule has 0 amide bonds. The Balaban J connectivity index is 0.00000128. The van der Waals surface area contributed by atoms with Crippen LogP contribution in [-0.4, -0.2) is 12.6 Å². The SMILES string of the molecule is Cc1ccc(C[C@H]2CCCCN2)cc1F.Cl. The van der Waals surface area contributed by atoms with Gasteiger partial charge in [-0.1, -0.05) is 18.6 Å². The molecule has 1 N–H and O–H groups in total. The van der Waals surface area contributed by atoms with E-state index in [0.717, 1.165) is 24.1 Å². The Bertz CT molecular complexity index is 335. The Morgan fingerprint density at radius 1 is 1.38 bits per heavy atom. The summed E-state index contributed by atoms with van der Waals surface area (Å²) in [5.41, 5.74) is 1.84. The highest BCUT2D eigenvalue weighted by atomic mass is 35.5. The number of halogens is 2. The monoisotopic (exact) mass is 243 g/mol. The second-order valence-corrected chi connectivity index (χ2v) is 4.43. The molecule has 1 aliphatic rings. The van der Waals surface area contributed by atoms with Crippen LogP contribution in [0.1, 0.15) is 30.4 Å². The van der Waals surface area contributed by atoms with Crippen LogP contribution in [-0.2, 0) is 6.42 Å². The van der Waals surface area contributed by atoms with Gasteiger partial charge >= 0.3 is 0 Å². The second kappa shape index (κ2) is 6.21. The lowest BCUT2D eigenvalue weighted by Gasteiger charge is -2.23. The van der Waals surface area contributed by atoms with Crippen LogP contribution in [0.15, 0.2) is 18.2 Å². The average molecular weight is 244 g/mol. The van der Waals surface area contributed by atoms with Gasteiger partial charge in [0.05, 0.1) is 0 Å². The Labute approximate surface area is 103 Å². The molecular weight excluding hydrogens is 225 g/mol. The largest absolute Gasteiger partial charge is 0.314 e. The number of piperidine rings is 1. The predicted molar refractivity (Wildman–Crippen MR) is 67.7 cm³/mol. The van der Waals surface area contributed by atoms with Crippen LogP contribution in [0.2, 0.25) is 0 Å². The molecule has 0 radical (unpaired) electrons. The van der Waals surface area contributed by atoms with Crippen molar-refractivity contribution in [2.75, 3.05) is 6.54 Å². The Kier molecular flexibility index (Phi) is 5.23. The topological polar surface area (TPSA) is 12.0 Å². The first-order chi connectivity index (χ1) is 7.25. The fourth-order valence-electron chi connectivity index (χ4n) is 2.15. The van der Waals surface area contributed by atoms with Crippen LogP contribution < -0.4 is 5.32 Å². The maximum Gasteiger partial charge on any atom is 0.126 e. The summed E-state index contributed by atoms with van der Waals surface area (Å²) >= 11 is 0. The average Bonchev–Trinajstić information content (AvgIpc) is 2.25. The first kappa shape index (κ1) is 13.5. The third kappa shape index (κ3) is 3.46. The summed E-state index contributed by atoms with van der Waals surface area (Å²) in [5, 5.41) is 3.48. The zero-order valence-corrected chi connectivity index (χ0v) is 10.4. The molecule has 16 heavy (non-hydrogen) atoms. The summed E-state index contributed by atoms with van der Waals surface area (Å²) in [6.45, 7) is 2.91. The van der Waals surface area contributed by atoms with E-state index in [0.29, 0.717) is 6.04 Å². The lowest BCUT2D eigenvalue weighted by atomic mass is 9.97. The minimum Gasteiger partial charge on any atom is -0.314 e. The summed E-state index contributed by atoms with van der Waals surface area (Å²) in [6, 6.07) is 6.12. The summed E-state index contributed by atoms with van der Waals surface area (Å²) in [6.07, 6.45) is 4.75. The molecule has 0 bridgehead atoms. The normalized spacial score (nSPS) is 20.2. The number of benzene rings is 1. The molecule has 90 valence electrons. The van der Waals surface area contributed by atoms with E-state index >= 15 is 0 Å². The summed E-state index contributed by atoms with van der Waals surface area (Å²) in [4.78, 5) is 0. The smallest absolute Gasteiger partial charge is 0.126 e. The molecule has 0 saturated carbocycles. The Morgan fingerprint density at radius 2 is 2.19 bits per heavy atom. The van der Waals surface area contributed by atoms with E-state index in [4.69, 9.17) is 0 Å². The van der Waals surface area contributed by atoms with Crippen molar-refractivity contribution in [1.29, 1.82) is 0 Å². The van der Waals surface area contributed by atoms with Crippen molar-refractivity contribution in [3.05, 3.63) is 35.1 Å². The van der Waals surface area contributed by atoms with E-state index in [1.807, 2.05) is 12.1 Å². The maximum atomic E-state index is 13.3. The van der Waals surface area contributed by atoms with Gasteiger partial charge < -0.3 is 5.32 Å². The second-order valence-electron chi connectivity index (χ2n) is 4.43. The van der Waals surface area contributed by atoms with Crippen molar-refractivity contribution < 1.29 is 4.39 Å². The third-order valence-electron chi connectivity index (χ3n) is 3.13. The maximum absolute atomic E-state index is 13.3. The van der Waals surface area contributed by atoms with E-state index in [-0.39, 0.29) is 18.2 Å². The van der Waals surface area contributed by atoms with Gasteiger partial charge in [0.15, 0.2) is 0 Å². The van der Waals surface area contributed by atoms with E-state index in [1.54, 1.807) is 13.0 Å². The van der Waals surface area contributed by atoms with Crippen molar-refractivity contribution in [2.24, 2.45) is 0 Å². The predicted octanol–water partition coefficient (Wildman–Crippen LogP) is 3.24. The molecule has 0 unspecified atom stereocenters. The third-order valence-corrected chi connectivity index (χ3v) is 3.13. The van der Waals surface area contributed by atoms with Gasteiger partial charge in [-0.3, -0.25) is 0 Å². The van der Waals surface area contributed by atoms with Crippen LogP contribution in [0.3, 0.4) is 0 Å². The molecule has 0 aromatic heterocycles. The summed E-state index contributed by atoms with van der Waals surface area (Å²) < 4.78 is 13.3. The highest BCUT2D eigenvalue weighted by Gasteiger charge is 2.13. The molecule has 1 nitrogen and oxygen atoms in total. The number of rotatable bonds is 2. The molecule has 1 heterocycles. The lowest BCUT2D eigenvalue weighted by molar-refractivity contribution is 0.399. The molecule has 3 heteroatoms. The summed E-state index contributed by atoms with van der Waals surface area (Å²) in [5.74, 6) is -0.0803. The van der Waals surface area contributed by atoms with Crippen molar-refractivity contribution in [3.63, 3.8) is 0 Å². The van der Waals surface area contributed by atoms with Crippen molar-refractivity contribution in [3.8, 4) is 0 Å². The van der Waals surface area contributed by atoms with Gasteiger partial charge in [-0.15, -0.1) is 12.4 Å². The molecule has 0 aliphatic carbocycles. The molecule has 2 rings (SSSR count). The Hall–Kier alpha value is -0.600. The van der Waals surface area contributed by atoms with Gasteiger partial charge in [-0.05, 0) is 49.9 Å². The molecule has 1 saturated heterocycles. The standard InChI is InChI=1S/C13H18FN.ClH/c1-10-5-6-11(9-13(10)14)8-12-4-2-3-7-15-12;/h5-6,9,12,15H,2-4,7-8H2,1H3;1H/t12-;/m1./s1. The first-order valence-electron chi connectivity index (χ1n) is 5.74. The van der Waals surface area contributed by atoms with Gasteiger partial charge in [0, 0.05) is 6.04 Å². The number of nitrogens with one attached hydrogen (secondary N) is 1. The highest BCUT2D eigenvalue weighted by molar-refractivity contribution is 5.85.